The molecule has 0 heterocycles. The molecule has 0 aromatic heterocycles. The molecule has 0 nitrogen and oxygen atoms in total. The summed E-state index contributed by atoms with van der Waals surface area (Å²) in [6.45, 7) is 15.9. The molecule has 28 heavy (non-hydrogen) atoms. The molecular weight excluding hydrogens is 336 g/mol. The molecule has 0 amide bonds. The van der Waals surface area contributed by atoms with Gasteiger partial charge in [0, 0.05) is 0 Å². The van der Waals surface area contributed by atoms with Gasteiger partial charge in [-0.2, -0.15) is 0 Å². The van der Waals surface area contributed by atoms with Crippen LogP contribution >= 0.6 is 0 Å². The van der Waals surface area contributed by atoms with Crippen LogP contribution in [-0.4, -0.2) is 0 Å². The first kappa shape index (κ1) is 20.4. The van der Waals surface area contributed by atoms with E-state index in [4.69, 9.17) is 0 Å². The molecule has 3 aromatic rings. The largest absolute Gasteiger partial charge is 0.0587 e. The van der Waals surface area contributed by atoms with Gasteiger partial charge in [-0.15, -0.1) is 0 Å². The minimum atomic E-state index is 0.112. The van der Waals surface area contributed by atoms with E-state index in [1.807, 2.05) is 0 Å². The molecule has 3 aromatic carbocycles. The highest BCUT2D eigenvalue weighted by molar-refractivity contribution is 5.75. The van der Waals surface area contributed by atoms with Crippen LogP contribution in [0.2, 0.25) is 0 Å². The molecule has 3 rings (SSSR count). The van der Waals surface area contributed by atoms with E-state index in [0.29, 0.717) is 11.8 Å². The van der Waals surface area contributed by atoms with Gasteiger partial charge in [0.15, 0.2) is 0 Å². The highest BCUT2D eigenvalue weighted by Crippen LogP contribution is 2.34. The Morgan fingerprint density at radius 1 is 0.500 bits per heavy atom. The lowest BCUT2D eigenvalue weighted by Crippen LogP contribution is -2.11. The molecule has 0 unspecified atom stereocenters. The van der Waals surface area contributed by atoms with Crippen LogP contribution in [0, 0.1) is 0 Å². The third kappa shape index (κ3) is 4.55. The Morgan fingerprint density at radius 2 is 0.857 bits per heavy atom. The van der Waals surface area contributed by atoms with Crippen LogP contribution in [0.5, 0.6) is 0 Å². The van der Waals surface area contributed by atoms with Gasteiger partial charge in [-0.25, -0.2) is 0 Å². The van der Waals surface area contributed by atoms with Gasteiger partial charge in [0.05, 0.1) is 0 Å². The quantitative estimate of drug-likeness (QED) is 0.431. The van der Waals surface area contributed by atoms with E-state index in [0.717, 1.165) is 0 Å². The molecule has 0 aliphatic heterocycles. The zero-order valence-corrected chi connectivity index (χ0v) is 18.5. The molecule has 0 saturated carbocycles. The molecule has 0 aliphatic rings. The molecule has 0 N–H and O–H groups in total. The summed E-state index contributed by atoms with van der Waals surface area (Å²) in [5, 5.41) is 0. The summed E-state index contributed by atoms with van der Waals surface area (Å²) < 4.78 is 0. The molecule has 0 spiro atoms. The Hall–Kier alpha value is -2.34. The summed E-state index contributed by atoms with van der Waals surface area (Å²) >= 11 is 0. The first-order chi connectivity index (χ1) is 13.1. The van der Waals surface area contributed by atoms with Crippen molar-refractivity contribution in [3.63, 3.8) is 0 Å². The number of rotatable bonds is 4. The molecule has 0 radical (unpaired) electrons. The van der Waals surface area contributed by atoms with E-state index in [1.54, 1.807) is 0 Å². The van der Waals surface area contributed by atoms with Gasteiger partial charge in [0.1, 0.15) is 0 Å². The molecule has 146 valence electrons. The van der Waals surface area contributed by atoms with Crippen molar-refractivity contribution in [2.75, 3.05) is 0 Å². The lowest BCUT2D eigenvalue weighted by atomic mass is 9.83. The van der Waals surface area contributed by atoms with Crippen LogP contribution in [0.25, 0.3) is 22.3 Å². The predicted octanol–water partition coefficient (Wildman–Crippen LogP) is 8.56. The van der Waals surface area contributed by atoms with Crippen molar-refractivity contribution in [2.45, 2.75) is 65.7 Å². The Morgan fingerprint density at radius 3 is 1.14 bits per heavy atom. The third-order valence-corrected chi connectivity index (χ3v) is 5.62. The topological polar surface area (TPSA) is 0 Å². The zero-order valence-electron chi connectivity index (χ0n) is 18.5. The molecule has 0 aliphatic carbocycles. The summed E-state index contributed by atoms with van der Waals surface area (Å²) in [4.78, 5) is 0. The highest BCUT2D eigenvalue weighted by atomic mass is 14.2. The molecule has 0 heteroatoms. The monoisotopic (exact) mass is 370 g/mol. The Kier molecular flexibility index (Phi) is 5.79. The van der Waals surface area contributed by atoms with Gasteiger partial charge in [-0.05, 0) is 62.3 Å². The maximum absolute atomic E-state index is 2.36. The molecular formula is C28H34. The molecule has 0 bridgehead atoms. The first-order valence-electron chi connectivity index (χ1n) is 10.5. The Balaban J connectivity index is 2.09. The van der Waals surface area contributed by atoms with Crippen LogP contribution in [-0.2, 0) is 5.41 Å². The van der Waals surface area contributed by atoms with Crippen LogP contribution in [0.1, 0.15) is 77.0 Å². The van der Waals surface area contributed by atoms with Gasteiger partial charge in [-0.1, -0.05) is 109 Å². The summed E-state index contributed by atoms with van der Waals surface area (Å²) in [7, 11) is 0. The van der Waals surface area contributed by atoms with Crippen molar-refractivity contribution in [1.82, 2.24) is 0 Å². The van der Waals surface area contributed by atoms with Gasteiger partial charge < -0.3 is 0 Å². The van der Waals surface area contributed by atoms with E-state index in [2.05, 4.69) is 115 Å². The third-order valence-electron chi connectivity index (χ3n) is 5.62. The zero-order chi connectivity index (χ0) is 20.5. The highest BCUT2D eigenvalue weighted by Gasteiger charge is 2.16. The van der Waals surface area contributed by atoms with Crippen molar-refractivity contribution < 1.29 is 0 Å². The van der Waals surface area contributed by atoms with Crippen LogP contribution in [0.4, 0.5) is 0 Å². The summed E-state index contributed by atoms with van der Waals surface area (Å²) in [5.41, 5.74) is 9.43. The standard InChI is InChI=1S/C28H34/c1-19(2)21-8-12-23(13-9-21)25-16-26(18-27(17-25)28(5,6)7)24-14-10-22(11-15-24)20(3)4/h8-20H,1-7H3. The van der Waals surface area contributed by atoms with Crippen molar-refractivity contribution in [3.05, 3.63) is 83.4 Å². The van der Waals surface area contributed by atoms with Crippen molar-refractivity contribution >= 4 is 0 Å². The Labute approximate surface area is 171 Å². The van der Waals surface area contributed by atoms with E-state index in [9.17, 15) is 0 Å². The minimum Gasteiger partial charge on any atom is -0.0587 e. The average Bonchev–Trinajstić information content (AvgIpc) is 2.67. The summed E-state index contributed by atoms with van der Waals surface area (Å²) in [6, 6.07) is 25.2. The van der Waals surface area contributed by atoms with Gasteiger partial charge >= 0.3 is 0 Å². The van der Waals surface area contributed by atoms with Crippen LogP contribution in [0.3, 0.4) is 0 Å². The minimum absolute atomic E-state index is 0.112. The van der Waals surface area contributed by atoms with Crippen LogP contribution < -0.4 is 0 Å². The Bertz CT molecular complexity index is 848. The summed E-state index contributed by atoms with van der Waals surface area (Å²) in [5.74, 6) is 1.12. The van der Waals surface area contributed by atoms with Gasteiger partial charge in [0.2, 0.25) is 0 Å². The first-order valence-corrected chi connectivity index (χ1v) is 10.5. The van der Waals surface area contributed by atoms with Gasteiger partial charge in [0.25, 0.3) is 0 Å². The van der Waals surface area contributed by atoms with E-state index in [1.165, 1.54) is 38.9 Å². The van der Waals surface area contributed by atoms with E-state index >= 15 is 0 Å². The number of hydrogen-bond acceptors (Lipinski definition) is 0. The fraction of sp³-hybridized carbons (Fsp3) is 0.357. The normalized spacial score (nSPS) is 12.0. The molecule has 0 atom stereocenters. The maximum Gasteiger partial charge on any atom is -0.0131 e. The van der Waals surface area contributed by atoms with Crippen molar-refractivity contribution in [1.29, 1.82) is 0 Å². The predicted molar refractivity (Wildman–Crippen MR) is 124 cm³/mol. The van der Waals surface area contributed by atoms with Crippen LogP contribution in [0.15, 0.2) is 66.7 Å². The van der Waals surface area contributed by atoms with E-state index in [-0.39, 0.29) is 5.41 Å². The lowest BCUT2D eigenvalue weighted by Gasteiger charge is -2.22. The second-order valence-corrected chi connectivity index (χ2v) is 9.60. The smallest absolute Gasteiger partial charge is 0.0131 e. The SMILES string of the molecule is CC(C)c1ccc(-c2cc(-c3ccc(C(C)C)cc3)cc(C(C)(C)C)c2)cc1. The number of benzene rings is 3. The van der Waals surface area contributed by atoms with E-state index < -0.39 is 0 Å². The fourth-order valence-electron chi connectivity index (χ4n) is 3.51. The second kappa shape index (κ2) is 7.95. The average molecular weight is 371 g/mol. The maximum atomic E-state index is 2.36. The molecule has 0 saturated heterocycles. The lowest BCUT2D eigenvalue weighted by molar-refractivity contribution is 0.590. The second-order valence-electron chi connectivity index (χ2n) is 9.60. The van der Waals surface area contributed by atoms with Crippen molar-refractivity contribution in [3.8, 4) is 22.3 Å². The summed E-state index contributed by atoms with van der Waals surface area (Å²) in [6.07, 6.45) is 0. The van der Waals surface area contributed by atoms with Gasteiger partial charge in [-0.3, -0.25) is 0 Å². The molecule has 0 fully saturated rings. The van der Waals surface area contributed by atoms with Crippen molar-refractivity contribution in [2.24, 2.45) is 0 Å². The number of hydrogen-bond donors (Lipinski definition) is 0. The fourth-order valence-corrected chi connectivity index (χ4v) is 3.51.